The van der Waals surface area contributed by atoms with Crippen LogP contribution in [0.5, 0.6) is 0 Å². The summed E-state index contributed by atoms with van der Waals surface area (Å²) >= 11 is 0. The molecule has 10 heavy (non-hydrogen) atoms. The quantitative estimate of drug-likeness (QED) is 0.664. The molecule has 1 aromatic heterocycles. The van der Waals surface area contributed by atoms with Gasteiger partial charge in [-0.15, -0.1) is 0 Å². The van der Waals surface area contributed by atoms with Crippen molar-refractivity contribution in [2.45, 2.75) is 13.0 Å². The lowest BCUT2D eigenvalue weighted by Crippen LogP contribution is -2.13. The van der Waals surface area contributed by atoms with Crippen LogP contribution in [0.25, 0.3) is 0 Å². The molecule has 2 nitrogen and oxygen atoms in total. The van der Waals surface area contributed by atoms with Gasteiger partial charge < -0.3 is 5.32 Å². The Balaban J connectivity index is 2.75. The van der Waals surface area contributed by atoms with Crippen molar-refractivity contribution in [2.75, 3.05) is 7.05 Å². The van der Waals surface area contributed by atoms with Crippen molar-refractivity contribution in [3.63, 3.8) is 0 Å². The van der Waals surface area contributed by atoms with E-state index in [0.717, 1.165) is 5.69 Å². The molecule has 0 aliphatic heterocycles. The Morgan fingerprint density at radius 1 is 1.50 bits per heavy atom. The molecule has 1 heterocycles. The van der Waals surface area contributed by atoms with Crippen LogP contribution in [0.3, 0.4) is 0 Å². The van der Waals surface area contributed by atoms with E-state index in [1.54, 1.807) is 0 Å². The lowest BCUT2D eigenvalue weighted by atomic mass is 10.2. The summed E-state index contributed by atoms with van der Waals surface area (Å²) in [5.41, 5.74) is 1.09. The van der Waals surface area contributed by atoms with E-state index in [9.17, 15) is 0 Å². The molecule has 0 radical (unpaired) electrons. The maximum absolute atomic E-state index is 4.19. The van der Waals surface area contributed by atoms with Gasteiger partial charge in [0.05, 0.1) is 5.69 Å². The van der Waals surface area contributed by atoms with Crippen LogP contribution >= 0.6 is 0 Å². The number of pyridine rings is 1. The minimum Gasteiger partial charge on any atom is -0.312 e. The molecule has 1 atom stereocenters. The summed E-state index contributed by atoms with van der Waals surface area (Å²) < 4.78 is 0. The Morgan fingerprint density at radius 2 is 2.30 bits per heavy atom. The van der Waals surface area contributed by atoms with Gasteiger partial charge in [0.25, 0.3) is 0 Å². The Hall–Kier alpha value is -0.890. The first-order valence-electron chi connectivity index (χ1n) is 3.43. The fourth-order valence-electron chi connectivity index (χ4n) is 0.780. The molecule has 0 amide bonds. The monoisotopic (exact) mass is 136 g/mol. The molecule has 0 spiro atoms. The van der Waals surface area contributed by atoms with Crippen LogP contribution in [0.4, 0.5) is 0 Å². The van der Waals surface area contributed by atoms with E-state index < -0.39 is 0 Å². The Morgan fingerprint density at radius 3 is 2.80 bits per heavy atom. The average Bonchev–Trinajstić information content (AvgIpc) is 2.05. The highest BCUT2D eigenvalue weighted by Crippen LogP contribution is 2.05. The molecule has 0 aliphatic carbocycles. The lowest BCUT2D eigenvalue weighted by Gasteiger charge is -2.07. The molecule has 54 valence electrons. The summed E-state index contributed by atoms with van der Waals surface area (Å²) in [6.07, 6.45) is 1.81. The normalized spacial score (nSPS) is 13.0. The zero-order valence-corrected chi connectivity index (χ0v) is 6.33. The number of hydrogen-bond acceptors (Lipinski definition) is 2. The summed E-state index contributed by atoms with van der Waals surface area (Å²) in [4.78, 5) is 4.19. The van der Waals surface area contributed by atoms with Gasteiger partial charge >= 0.3 is 0 Å². The van der Waals surface area contributed by atoms with Gasteiger partial charge in [0, 0.05) is 12.2 Å². The fourth-order valence-corrected chi connectivity index (χ4v) is 0.780. The van der Waals surface area contributed by atoms with Crippen LogP contribution < -0.4 is 5.32 Å². The van der Waals surface area contributed by atoms with Crippen LogP contribution in [0, 0.1) is 0 Å². The van der Waals surface area contributed by atoms with Gasteiger partial charge in [-0.2, -0.15) is 0 Å². The average molecular weight is 136 g/mol. The summed E-state index contributed by atoms with van der Waals surface area (Å²) in [6, 6.07) is 6.28. The van der Waals surface area contributed by atoms with Gasteiger partial charge in [-0.05, 0) is 26.1 Å². The van der Waals surface area contributed by atoms with E-state index in [1.165, 1.54) is 0 Å². The zero-order valence-electron chi connectivity index (χ0n) is 6.33. The van der Waals surface area contributed by atoms with Crippen LogP contribution in [0.2, 0.25) is 0 Å². The van der Waals surface area contributed by atoms with Crippen molar-refractivity contribution >= 4 is 0 Å². The molecular weight excluding hydrogens is 124 g/mol. The van der Waals surface area contributed by atoms with Gasteiger partial charge in [-0.1, -0.05) is 6.07 Å². The molecule has 0 bridgehead atoms. The smallest absolute Gasteiger partial charge is 0.0570 e. The number of nitrogens with zero attached hydrogens (tertiary/aromatic N) is 1. The van der Waals surface area contributed by atoms with Crippen molar-refractivity contribution in [3.8, 4) is 0 Å². The summed E-state index contributed by atoms with van der Waals surface area (Å²) in [6.45, 7) is 2.09. The highest BCUT2D eigenvalue weighted by molar-refractivity contribution is 5.07. The maximum Gasteiger partial charge on any atom is 0.0570 e. The summed E-state index contributed by atoms with van der Waals surface area (Å²) in [5.74, 6) is 0. The highest BCUT2D eigenvalue weighted by atomic mass is 14.9. The Labute approximate surface area is 61.3 Å². The summed E-state index contributed by atoms with van der Waals surface area (Å²) in [5, 5.41) is 3.12. The van der Waals surface area contributed by atoms with E-state index in [0.29, 0.717) is 6.04 Å². The second kappa shape index (κ2) is 3.32. The molecular formula is C8H12N2. The zero-order chi connectivity index (χ0) is 7.40. The van der Waals surface area contributed by atoms with Crippen molar-refractivity contribution in [3.05, 3.63) is 30.1 Å². The van der Waals surface area contributed by atoms with E-state index in [1.807, 2.05) is 31.4 Å². The van der Waals surface area contributed by atoms with Crippen molar-refractivity contribution < 1.29 is 0 Å². The predicted molar refractivity (Wildman–Crippen MR) is 41.7 cm³/mol. The van der Waals surface area contributed by atoms with Gasteiger partial charge in [0.1, 0.15) is 0 Å². The molecule has 0 saturated heterocycles. The van der Waals surface area contributed by atoms with Gasteiger partial charge in [0.15, 0.2) is 0 Å². The first-order chi connectivity index (χ1) is 4.84. The van der Waals surface area contributed by atoms with Crippen molar-refractivity contribution in [1.82, 2.24) is 10.3 Å². The number of rotatable bonds is 2. The van der Waals surface area contributed by atoms with Gasteiger partial charge in [-0.25, -0.2) is 0 Å². The standard InChI is InChI=1S/C8H12N2/c1-7(9-2)8-5-3-4-6-10-8/h3-7,9H,1-2H3. The number of hydrogen-bond donors (Lipinski definition) is 1. The van der Waals surface area contributed by atoms with Crippen molar-refractivity contribution in [1.29, 1.82) is 0 Å². The fraction of sp³-hybridized carbons (Fsp3) is 0.375. The molecule has 0 aliphatic rings. The molecule has 0 fully saturated rings. The van der Waals surface area contributed by atoms with Crippen LogP contribution in [-0.4, -0.2) is 12.0 Å². The van der Waals surface area contributed by atoms with Crippen LogP contribution in [0.15, 0.2) is 24.4 Å². The third kappa shape index (κ3) is 1.54. The number of nitrogens with one attached hydrogen (secondary N) is 1. The second-order valence-electron chi connectivity index (χ2n) is 2.26. The topological polar surface area (TPSA) is 24.9 Å². The minimum atomic E-state index is 0.348. The number of aromatic nitrogens is 1. The predicted octanol–water partition coefficient (Wildman–Crippen LogP) is 1.36. The third-order valence-corrected chi connectivity index (χ3v) is 1.56. The van der Waals surface area contributed by atoms with E-state index >= 15 is 0 Å². The lowest BCUT2D eigenvalue weighted by molar-refractivity contribution is 0.633. The summed E-state index contributed by atoms with van der Waals surface area (Å²) in [7, 11) is 1.93. The van der Waals surface area contributed by atoms with E-state index in [-0.39, 0.29) is 0 Å². The molecule has 2 heteroatoms. The Bertz CT molecular complexity index is 184. The minimum absolute atomic E-state index is 0.348. The van der Waals surface area contributed by atoms with E-state index in [4.69, 9.17) is 0 Å². The first-order valence-corrected chi connectivity index (χ1v) is 3.43. The van der Waals surface area contributed by atoms with Crippen molar-refractivity contribution in [2.24, 2.45) is 0 Å². The largest absolute Gasteiger partial charge is 0.312 e. The van der Waals surface area contributed by atoms with Gasteiger partial charge in [-0.3, -0.25) is 4.98 Å². The molecule has 1 aromatic rings. The van der Waals surface area contributed by atoms with E-state index in [2.05, 4.69) is 17.2 Å². The Kier molecular flexibility index (Phi) is 2.40. The first kappa shape index (κ1) is 7.22. The van der Waals surface area contributed by atoms with Crippen LogP contribution in [0.1, 0.15) is 18.7 Å². The maximum atomic E-state index is 4.19. The molecule has 1 rings (SSSR count). The van der Waals surface area contributed by atoms with Gasteiger partial charge in [0.2, 0.25) is 0 Å². The SMILES string of the molecule is CNC(C)c1ccccn1. The highest BCUT2D eigenvalue weighted by Gasteiger charge is 1.99. The molecule has 1 unspecified atom stereocenters. The second-order valence-corrected chi connectivity index (χ2v) is 2.26. The molecule has 0 saturated carbocycles. The van der Waals surface area contributed by atoms with Crippen LogP contribution in [-0.2, 0) is 0 Å². The third-order valence-electron chi connectivity index (χ3n) is 1.56. The molecule has 1 N–H and O–H groups in total. The molecule has 0 aromatic carbocycles.